The molecular weight excluding hydrogens is 152 g/mol. The Labute approximate surface area is 71.5 Å². The highest BCUT2D eigenvalue weighted by Gasteiger charge is 2.21. The topological polar surface area (TPSA) is 67.6 Å². The number of rotatable bonds is 1. The van der Waals surface area contributed by atoms with E-state index in [4.69, 9.17) is 5.73 Å². The van der Waals surface area contributed by atoms with Crippen LogP contribution in [-0.4, -0.2) is 21.5 Å². The van der Waals surface area contributed by atoms with Crippen molar-refractivity contribution in [3.8, 4) is 0 Å². The zero-order valence-corrected chi connectivity index (χ0v) is 7.03. The van der Waals surface area contributed by atoms with Crippen LogP contribution in [-0.2, 0) is 0 Å². The van der Waals surface area contributed by atoms with Crippen molar-refractivity contribution < 1.29 is 0 Å². The summed E-state index contributed by atoms with van der Waals surface area (Å²) in [7, 11) is 0. The van der Waals surface area contributed by atoms with Crippen molar-refractivity contribution in [2.24, 2.45) is 5.73 Å². The fraction of sp³-hybridized carbons (Fsp3) is 0.750. The molecule has 0 spiro atoms. The van der Waals surface area contributed by atoms with Crippen molar-refractivity contribution in [2.75, 3.05) is 0 Å². The second-order valence-corrected chi connectivity index (χ2v) is 3.51. The van der Waals surface area contributed by atoms with Gasteiger partial charge in [-0.25, -0.2) is 0 Å². The highest BCUT2D eigenvalue weighted by Crippen LogP contribution is 2.30. The second-order valence-electron chi connectivity index (χ2n) is 3.51. The van der Waals surface area contributed by atoms with Gasteiger partial charge in [0.15, 0.2) is 0 Å². The number of nitrogens with one attached hydrogen (secondary N) is 1. The van der Waals surface area contributed by atoms with Crippen LogP contribution in [0, 0.1) is 0 Å². The zero-order valence-electron chi connectivity index (χ0n) is 7.03. The predicted molar refractivity (Wildman–Crippen MR) is 45.6 cm³/mol. The molecule has 3 N–H and O–H groups in total. The molecule has 0 saturated heterocycles. The minimum Gasteiger partial charge on any atom is -0.328 e. The summed E-state index contributed by atoms with van der Waals surface area (Å²) in [5, 5.41) is 10.5. The van der Waals surface area contributed by atoms with Crippen molar-refractivity contribution in [1.82, 2.24) is 15.4 Å². The second kappa shape index (κ2) is 3.23. The van der Waals surface area contributed by atoms with Gasteiger partial charge >= 0.3 is 0 Å². The first kappa shape index (κ1) is 7.73. The molecule has 0 radical (unpaired) electrons. The third-order valence-corrected chi connectivity index (χ3v) is 2.62. The molecule has 1 heterocycles. The van der Waals surface area contributed by atoms with Gasteiger partial charge < -0.3 is 5.73 Å². The van der Waals surface area contributed by atoms with E-state index in [1.165, 1.54) is 0 Å². The maximum Gasteiger partial charge on any atom is 0.0855 e. The number of hydrogen-bond donors (Lipinski definition) is 2. The molecule has 1 saturated carbocycles. The van der Waals surface area contributed by atoms with Crippen molar-refractivity contribution in [3.05, 3.63) is 11.9 Å². The molecule has 0 aliphatic heterocycles. The molecule has 0 aromatic carbocycles. The Balaban J connectivity index is 1.99. The number of nitrogens with two attached hydrogens (primary N) is 1. The molecule has 1 aromatic heterocycles. The fourth-order valence-corrected chi connectivity index (χ4v) is 1.82. The summed E-state index contributed by atoms with van der Waals surface area (Å²) in [6.07, 6.45) is 6.39. The highest BCUT2D eigenvalue weighted by molar-refractivity contribution is 5.02. The minimum absolute atomic E-state index is 0.410. The summed E-state index contributed by atoms with van der Waals surface area (Å²) < 4.78 is 0. The Morgan fingerprint density at radius 3 is 2.67 bits per heavy atom. The standard InChI is InChI=1S/C8H14N4/c9-7-3-1-6(2-4-7)8-5-10-12-11-8/h5-7H,1-4,9H2,(H,10,11,12). The third-order valence-electron chi connectivity index (χ3n) is 2.62. The van der Waals surface area contributed by atoms with E-state index in [-0.39, 0.29) is 0 Å². The van der Waals surface area contributed by atoms with Gasteiger partial charge in [-0.05, 0) is 25.7 Å². The number of aromatic nitrogens is 3. The van der Waals surface area contributed by atoms with Gasteiger partial charge in [-0.2, -0.15) is 15.4 Å². The van der Waals surface area contributed by atoms with E-state index < -0.39 is 0 Å². The molecule has 12 heavy (non-hydrogen) atoms. The molecule has 66 valence electrons. The lowest BCUT2D eigenvalue weighted by Crippen LogP contribution is -2.25. The quantitative estimate of drug-likeness (QED) is 0.648. The van der Waals surface area contributed by atoms with Gasteiger partial charge in [0.1, 0.15) is 0 Å². The SMILES string of the molecule is NC1CCC(c2cn[nH]n2)CC1. The predicted octanol–water partition coefficient (Wildman–Crippen LogP) is 0.790. The summed E-state index contributed by atoms with van der Waals surface area (Å²) in [5.41, 5.74) is 6.91. The van der Waals surface area contributed by atoms with Crippen LogP contribution in [0.25, 0.3) is 0 Å². The summed E-state index contributed by atoms with van der Waals surface area (Å²) in [6.45, 7) is 0. The van der Waals surface area contributed by atoms with E-state index in [1.54, 1.807) is 0 Å². The molecule has 1 aromatic rings. The Morgan fingerprint density at radius 1 is 1.33 bits per heavy atom. The van der Waals surface area contributed by atoms with Crippen LogP contribution in [0.1, 0.15) is 37.3 Å². The lowest BCUT2D eigenvalue weighted by atomic mass is 9.85. The van der Waals surface area contributed by atoms with Gasteiger partial charge in [0.05, 0.1) is 11.9 Å². The Kier molecular flexibility index (Phi) is 2.08. The highest BCUT2D eigenvalue weighted by atomic mass is 15.3. The average molecular weight is 166 g/mol. The van der Waals surface area contributed by atoms with Crippen molar-refractivity contribution in [3.63, 3.8) is 0 Å². The number of hydrogen-bond acceptors (Lipinski definition) is 3. The smallest absolute Gasteiger partial charge is 0.0855 e. The van der Waals surface area contributed by atoms with Gasteiger partial charge in [-0.15, -0.1) is 0 Å². The molecule has 0 atom stereocenters. The first-order chi connectivity index (χ1) is 5.86. The monoisotopic (exact) mass is 166 g/mol. The number of aromatic amines is 1. The molecule has 1 fully saturated rings. The van der Waals surface area contributed by atoms with Gasteiger partial charge in [0.2, 0.25) is 0 Å². The average Bonchev–Trinajstić information content (AvgIpc) is 2.58. The molecule has 1 aliphatic rings. The number of nitrogens with zero attached hydrogens (tertiary/aromatic N) is 2. The van der Waals surface area contributed by atoms with E-state index >= 15 is 0 Å². The van der Waals surface area contributed by atoms with Crippen LogP contribution in [0.2, 0.25) is 0 Å². The third kappa shape index (κ3) is 1.48. The van der Waals surface area contributed by atoms with E-state index in [0.29, 0.717) is 12.0 Å². The zero-order chi connectivity index (χ0) is 8.39. The lowest BCUT2D eigenvalue weighted by Gasteiger charge is -2.24. The van der Waals surface area contributed by atoms with Gasteiger partial charge in [0.25, 0.3) is 0 Å². The largest absolute Gasteiger partial charge is 0.328 e. The lowest BCUT2D eigenvalue weighted by molar-refractivity contribution is 0.390. The maximum absolute atomic E-state index is 5.81. The molecule has 0 unspecified atom stereocenters. The van der Waals surface area contributed by atoms with E-state index in [0.717, 1.165) is 31.4 Å². The van der Waals surface area contributed by atoms with Crippen LogP contribution in [0.4, 0.5) is 0 Å². The van der Waals surface area contributed by atoms with Crippen LogP contribution in [0.3, 0.4) is 0 Å². The molecule has 1 aliphatic carbocycles. The van der Waals surface area contributed by atoms with Crippen molar-refractivity contribution in [1.29, 1.82) is 0 Å². The van der Waals surface area contributed by atoms with E-state index in [9.17, 15) is 0 Å². The van der Waals surface area contributed by atoms with Gasteiger partial charge in [-0.1, -0.05) is 0 Å². The van der Waals surface area contributed by atoms with Crippen LogP contribution in [0.15, 0.2) is 6.20 Å². The van der Waals surface area contributed by atoms with E-state index in [2.05, 4.69) is 15.4 Å². The normalized spacial score (nSPS) is 30.4. The Morgan fingerprint density at radius 2 is 2.08 bits per heavy atom. The minimum atomic E-state index is 0.410. The van der Waals surface area contributed by atoms with Gasteiger partial charge in [0, 0.05) is 12.0 Å². The molecule has 4 nitrogen and oxygen atoms in total. The summed E-state index contributed by atoms with van der Waals surface area (Å²) in [4.78, 5) is 0. The van der Waals surface area contributed by atoms with E-state index in [1.807, 2.05) is 6.20 Å². The molecule has 0 bridgehead atoms. The fourth-order valence-electron chi connectivity index (χ4n) is 1.82. The maximum atomic E-state index is 5.81. The van der Waals surface area contributed by atoms with Crippen molar-refractivity contribution in [2.45, 2.75) is 37.6 Å². The van der Waals surface area contributed by atoms with Crippen molar-refractivity contribution >= 4 is 0 Å². The van der Waals surface area contributed by atoms with Crippen LogP contribution < -0.4 is 5.73 Å². The molecular formula is C8H14N4. The first-order valence-electron chi connectivity index (χ1n) is 4.47. The summed E-state index contributed by atoms with van der Waals surface area (Å²) in [6, 6.07) is 0.410. The Bertz CT molecular complexity index is 223. The molecule has 2 rings (SSSR count). The van der Waals surface area contributed by atoms with Gasteiger partial charge in [-0.3, -0.25) is 0 Å². The molecule has 0 amide bonds. The first-order valence-corrected chi connectivity index (χ1v) is 4.47. The summed E-state index contributed by atoms with van der Waals surface area (Å²) >= 11 is 0. The van der Waals surface area contributed by atoms with Crippen LogP contribution >= 0.6 is 0 Å². The molecule has 4 heteroatoms. The number of H-pyrrole nitrogens is 1. The summed E-state index contributed by atoms with van der Waals surface area (Å²) in [5.74, 6) is 0.587. The Hall–Kier alpha value is -0.900. The van der Waals surface area contributed by atoms with Crippen LogP contribution in [0.5, 0.6) is 0 Å².